The third-order valence-electron chi connectivity index (χ3n) is 2.19. The molecule has 0 aliphatic heterocycles. The van der Waals surface area contributed by atoms with E-state index in [1.807, 2.05) is 18.2 Å². The molecule has 0 saturated heterocycles. The molecule has 2 aromatic rings. The van der Waals surface area contributed by atoms with E-state index in [-0.39, 0.29) is 5.75 Å². The summed E-state index contributed by atoms with van der Waals surface area (Å²) < 4.78 is 23.5. The van der Waals surface area contributed by atoms with Crippen LogP contribution in [0, 0.1) is 5.82 Å². The van der Waals surface area contributed by atoms with Gasteiger partial charge in [-0.3, -0.25) is 0 Å². The summed E-state index contributed by atoms with van der Waals surface area (Å²) in [7, 11) is 1.32. The second-order valence-corrected chi connectivity index (χ2v) is 3.37. The number of ether oxygens (including phenoxy) is 2. The number of benzene rings is 2. The van der Waals surface area contributed by atoms with Gasteiger partial charge < -0.3 is 14.6 Å². The minimum absolute atomic E-state index is 0.0593. The largest absolute Gasteiger partial charge is 0.505 e. The number of halogens is 1. The van der Waals surface area contributed by atoms with Crippen LogP contribution in [0.1, 0.15) is 0 Å². The maximum Gasteiger partial charge on any atom is 0.206 e. The molecule has 0 fully saturated rings. The highest BCUT2D eigenvalue weighted by Crippen LogP contribution is 2.33. The van der Waals surface area contributed by atoms with E-state index in [4.69, 9.17) is 9.47 Å². The fraction of sp³-hybridized carbons (Fsp3) is 0.0769. The molecule has 0 radical (unpaired) electrons. The molecule has 2 rings (SSSR count). The van der Waals surface area contributed by atoms with Crippen molar-refractivity contribution in [2.75, 3.05) is 7.11 Å². The molecule has 0 atom stereocenters. The molecule has 0 spiro atoms. The Labute approximate surface area is 98.0 Å². The van der Waals surface area contributed by atoms with Crippen LogP contribution in [-0.2, 0) is 0 Å². The number of aromatic hydroxyl groups is 1. The standard InChI is InChI=1S/C13H11FO3/c1-16-12-8-10(7-11(15)13(12)14)17-9-5-3-2-4-6-9/h2-8,15H,1H3. The fourth-order valence-electron chi connectivity index (χ4n) is 1.39. The quantitative estimate of drug-likeness (QED) is 0.885. The van der Waals surface area contributed by atoms with E-state index in [0.29, 0.717) is 11.5 Å². The molecule has 0 amide bonds. The average molecular weight is 234 g/mol. The van der Waals surface area contributed by atoms with Gasteiger partial charge >= 0.3 is 0 Å². The second-order valence-electron chi connectivity index (χ2n) is 3.37. The molecule has 0 aliphatic rings. The first-order valence-corrected chi connectivity index (χ1v) is 5.00. The van der Waals surface area contributed by atoms with E-state index >= 15 is 0 Å². The van der Waals surface area contributed by atoms with Crippen LogP contribution >= 0.6 is 0 Å². The van der Waals surface area contributed by atoms with Gasteiger partial charge in [0.25, 0.3) is 0 Å². The normalized spacial score (nSPS) is 10.0. The van der Waals surface area contributed by atoms with Gasteiger partial charge in [-0.25, -0.2) is 0 Å². The highest BCUT2D eigenvalue weighted by Gasteiger charge is 2.11. The molecular formula is C13H11FO3. The number of hydrogen-bond donors (Lipinski definition) is 1. The molecule has 0 heterocycles. The number of phenolic OH excluding ortho intramolecular Hbond substituents is 1. The van der Waals surface area contributed by atoms with Crippen LogP contribution in [0.25, 0.3) is 0 Å². The molecule has 0 aliphatic carbocycles. The van der Waals surface area contributed by atoms with Crippen LogP contribution in [-0.4, -0.2) is 12.2 Å². The zero-order chi connectivity index (χ0) is 12.3. The summed E-state index contributed by atoms with van der Waals surface area (Å²) in [5.41, 5.74) is 0. The topological polar surface area (TPSA) is 38.7 Å². The molecular weight excluding hydrogens is 223 g/mol. The van der Waals surface area contributed by atoms with Crippen molar-refractivity contribution in [3.8, 4) is 23.0 Å². The predicted octanol–water partition coefficient (Wildman–Crippen LogP) is 3.33. The number of hydrogen-bond acceptors (Lipinski definition) is 3. The lowest BCUT2D eigenvalue weighted by Crippen LogP contribution is -1.91. The summed E-state index contributed by atoms with van der Waals surface area (Å²) in [6.45, 7) is 0. The first-order chi connectivity index (χ1) is 8.20. The minimum Gasteiger partial charge on any atom is -0.505 e. The summed E-state index contributed by atoms with van der Waals surface area (Å²) >= 11 is 0. The van der Waals surface area contributed by atoms with Gasteiger partial charge in [-0.15, -0.1) is 0 Å². The monoisotopic (exact) mass is 234 g/mol. The SMILES string of the molecule is COc1cc(Oc2ccccc2)cc(O)c1F. The van der Waals surface area contributed by atoms with Crippen LogP contribution in [0.5, 0.6) is 23.0 Å². The maximum atomic E-state index is 13.3. The highest BCUT2D eigenvalue weighted by atomic mass is 19.1. The summed E-state index contributed by atoms with van der Waals surface area (Å²) in [5, 5.41) is 9.36. The van der Waals surface area contributed by atoms with Crippen LogP contribution in [0.3, 0.4) is 0 Å². The Morgan fingerprint density at radius 2 is 1.76 bits per heavy atom. The number of para-hydroxylation sites is 1. The van der Waals surface area contributed by atoms with E-state index in [1.165, 1.54) is 19.2 Å². The van der Waals surface area contributed by atoms with Crippen LogP contribution < -0.4 is 9.47 Å². The summed E-state index contributed by atoms with van der Waals surface area (Å²) in [5.74, 6) is -0.452. The van der Waals surface area contributed by atoms with Gasteiger partial charge in [-0.05, 0) is 12.1 Å². The molecule has 0 saturated carbocycles. The van der Waals surface area contributed by atoms with Crippen molar-refractivity contribution in [2.45, 2.75) is 0 Å². The molecule has 0 unspecified atom stereocenters. The average Bonchev–Trinajstić information content (AvgIpc) is 2.35. The van der Waals surface area contributed by atoms with Gasteiger partial charge in [0.15, 0.2) is 11.5 Å². The van der Waals surface area contributed by atoms with Crippen LogP contribution in [0.4, 0.5) is 4.39 Å². The fourth-order valence-corrected chi connectivity index (χ4v) is 1.39. The Balaban J connectivity index is 2.31. The third kappa shape index (κ3) is 2.47. The van der Waals surface area contributed by atoms with E-state index in [2.05, 4.69) is 0 Å². The molecule has 3 nitrogen and oxygen atoms in total. The van der Waals surface area contributed by atoms with Crippen molar-refractivity contribution in [3.05, 3.63) is 48.3 Å². The minimum atomic E-state index is -0.798. The van der Waals surface area contributed by atoms with Gasteiger partial charge in [0, 0.05) is 12.1 Å². The molecule has 17 heavy (non-hydrogen) atoms. The molecule has 0 bridgehead atoms. The third-order valence-corrected chi connectivity index (χ3v) is 2.19. The maximum absolute atomic E-state index is 13.3. The van der Waals surface area contributed by atoms with Gasteiger partial charge in [-0.1, -0.05) is 18.2 Å². The Morgan fingerprint density at radius 3 is 2.41 bits per heavy atom. The summed E-state index contributed by atoms with van der Waals surface area (Å²) in [4.78, 5) is 0. The lowest BCUT2D eigenvalue weighted by Gasteiger charge is -2.09. The van der Waals surface area contributed by atoms with Crippen molar-refractivity contribution in [3.63, 3.8) is 0 Å². The molecule has 4 heteroatoms. The summed E-state index contributed by atoms with van der Waals surface area (Å²) in [6.07, 6.45) is 0. The van der Waals surface area contributed by atoms with Gasteiger partial charge in [0.05, 0.1) is 7.11 Å². The Hall–Kier alpha value is -2.23. The molecule has 0 aromatic heterocycles. The second kappa shape index (κ2) is 4.74. The van der Waals surface area contributed by atoms with Gasteiger partial charge in [-0.2, -0.15) is 4.39 Å². The van der Waals surface area contributed by atoms with E-state index in [9.17, 15) is 9.50 Å². The van der Waals surface area contributed by atoms with E-state index in [0.717, 1.165) is 0 Å². The van der Waals surface area contributed by atoms with Crippen LogP contribution in [0.2, 0.25) is 0 Å². The van der Waals surface area contributed by atoms with Gasteiger partial charge in [0.1, 0.15) is 11.5 Å². The van der Waals surface area contributed by atoms with Crippen molar-refractivity contribution < 1.29 is 19.0 Å². The number of rotatable bonds is 3. The number of phenols is 1. The Kier molecular flexibility index (Phi) is 3.14. The Morgan fingerprint density at radius 1 is 1.06 bits per heavy atom. The zero-order valence-electron chi connectivity index (χ0n) is 9.18. The van der Waals surface area contributed by atoms with Crippen molar-refractivity contribution in [1.82, 2.24) is 0 Å². The van der Waals surface area contributed by atoms with Crippen LogP contribution in [0.15, 0.2) is 42.5 Å². The first-order valence-electron chi connectivity index (χ1n) is 5.00. The lowest BCUT2D eigenvalue weighted by atomic mass is 10.3. The zero-order valence-corrected chi connectivity index (χ0v) is 9.18. The summed E-state index contributed by atoms with van der Waals surface area (Å²) in [6, 6.07) is 11.6. The highest BCUT2D eigenvalue weighted by molar-refractivity contribution is 5.44. The van der Waals surface area contributed by atoms with Crippen molar-refractivity contribution in [1.29, 1.82) is 0 Å². The first kappa shape index (κ1) is 11.3. The Bertz CT molecular complexity index is 512. The number of methoxy groups -OCH3 is 1. The predicted molar refractivity (Wildman–Crippen MR) is 61.1 cm³/mol. The molecule has 1 N–H and O–H groups in total. The van der Waals surface area contributed by atoms with Crippen molar-refractivity contribution >= 4 is 0 Å². The van der Waals surface area contributed by atoms with Crippen molar-refractivity contribution in [2.24, 2.45) is 0 Å². The molecule has 88 valence electrons. The molecule has 2 aromatic carbocycles. The van der Waals surface area contributed by atoms with E-state index < -0.39 is 11.6 Å². The van der Waals surface area contributed by atoms with Gasteiger partial charge in [0.2, 0.25) is 5.82 Å². The smallest absolute Gasteiger partial charge is 0.206 e. The lowest BCUT2D eigenvalue weighted by molar-refractivity contribution is 0.358. The van der Waals surface area contributed by atoms with E-state index in [1.54, 1.807) is 12.1 Å².